The lowest BCUT2D eigenvalue weighted by molar-refractivity contribution is -0.137. The second-order valence-electron chi connectivity index (χ2n) is 9.57. The van der Waals surface area contributed by atoms with Gasteiger partial charge in [0.25, 0.3) is 0 Å². The normalized spacial score (nSPS) is 15.2. The van der Waals surface area contributed by atoms with Crippen molar-refractivity contribution < 1.29 is 18.0 Å². The summed E-state index contributed by atoms with van der Waals surface area (Å²) < 4.78 is 39.5. The van der Waals surface area contributed by atoms with Gasteiger partial charge in [-0.3, -0.25) is 14.8 Å². The summed E-state index contributed by atoms with van der Waals surface area (Å²) in [4.78, 5) is 22.1. The number of nitrogens with one attached hydrogen (secondary N) is 1. The van der Waals surface area contributed by atoms with Gasteiger partial charge in [0, 0.05) is 28.7 Å². The van der Waals surface area contributed by atoms with Crippen LogP contribution in [0.25, 0.3) is 11.1 Å². The van der Waals surface area contributed by atoms with Crippen LogP contribution in [0.15, 0.2) is 59.6 Å². The summed E-state index contributed by atoms with van der Waals surface area (Å²) in [5.41, 5.74) is 9.75. The largest absolute Gasteiger partial charge is 0.416 e. The van der Waals surface area contributed by atoms with E-state index in [-0.39, 0.29) is 11.9 Å². The minimum absolute atomic E-state index is 0.0303. The smallest absolute Gasteiger partial charge is 0.383 e. The number of alkyl halides is 3. The van der Waals surface area contributed by atoms with E-state index in [2.05, 4.69) is 15.3 Å². The number of anilines is 1. The lowest BCUT2D eigenvalue weighted by Crippen LogP contribution is -2.28. The summed E-state index contributed by atoms with van der Waals surface area (Å²) >= 11 is 0. The molecule has 1 aliphatic rings. The Hall–Kier alpha value is -3.68. The van der Waals surface area contributed by atoms with Crippen molar-refractivity contribution in [3.63, 3.8) is 0 Å². The zero-order valence-corrected chi connectivity index (χ0v) is 20.7. The molecule has 3 N–H and O–H groups in total. The van der Waals surface area contributed by atoms with Crippen molar-refractivity contribution in [2.45, 2.75) is 58.2 Å². The number of aliphatic imine (C=N–C) groups is 1. The maximum absolute atomic E-state index is 13.2. The van der Waals surface area contributed by atoms with Crippen LogP contribution in [-0.4, -0.2) is 22.8 Å². The molecule has 1 aromatic heterocycles. The predicted molar refractivity (Wildman–Crippen MR) is 136 cm³/mol. The van der Waals surface area contributed by atoms with Gasteiger partial charge < -0.3 is 11.1 Å². The Morgan fingerprint density at radius 1 is 1.08 bits per heavy atom. The van der Waals surface area contributed by atoms with Crippen molar-refractivity contribution in [3.05, 3.63) is 82.7 Å². The average Bonchev–Trinajstić information content (AvgIpc) is 3.60. The van der Waals surface area contributed by atoms with Crippen LogP contribution in [0.1, 0.15) is 54.8 Å². The van der Waals surface area contributed by atoms with Crippen molar-refractivity contribution in [1.29, 1.82) is 0 Å². The van der Waals surface area contributed by atoms with Gasteiger partial charge in [0.05, 0.1) is 11.0 Å². The quantitative estimate of drug-likeness (QED) is 0.318. The van der Waals surface area contributed by atoms with E-state index in [4.69, 9.17) is 5.73 Å². The highest BCUT2D eigenvalue weighted by Gasteiger charge is 2.51. The maximum atomic E-state index is 13.2. The molecule has 1 heterocycles. The molecule has 1 aliphatic carbocycles. The highest BCUT2D eigenvalue weighted by Crippen LogP contribution is 2.50. The molecule has 0 radical (unpaired) electrons. The van der Waals surface area contributed by atoms with Crippen LogP contribution in [0.4, 0.5) is 18.9 Å². The topological polar surface area (TPSA) is 80.4 Å². The molecular formula is C28H29F3N4O. The number of nitrogens with zero attached hydrogens (tertiary/aromatic N) is 2. The number of amides is 1. The fraction of sp³-hybridized carbons (Fsp3) is 0.321. The molecule has 2 aromatic carbocycles. The van der Waals surface area contributed by atoms with E-state index in [0.717, 1.165) is 40.2 Å². The standard InChI is InChI=1S/C28H29F3N4O/c1-16(2)33-25(32)24-18(4)34-17(3)14-23(24)19-8-10-22(11-9-19)35-26(36)27(12-13-27)20-6-5-7-21(15-20)28(29,30)31/h5-11,14-16H,12-13H2,1-4H3,(H2,32,33)(H,35,36). The summed E-state index contributed by atoms with van der Waals surface area (Å²) in [7, 11) is 0. The zero-order chi connectivity index (χ0) is 26.3. The number of halogens is 3. The van der Waals surface area contributed by atoms with Crippen molar-refractivity contribution in [2.75, 3.05) is 5.32 Å². The Morgan fingerprint density at radius 2 is 1.75 bits per heavy atom. The van der Waals surface area contributed by atoms with Crippen molar-refractivity contribution >= 4 is 17.4 Å². The van der Waals surface area contributed by atoms with Crippen molar-refractivity contribution in [1.82, 2.24) is 4.98 Å². The number of nitrogens with two attached hydrogens (primary N) is 1. The first-order valence-corrected chi connectivity index (χ1v) is 11.8. The van der Waals surface area contributed by atoms with Crippen LogP contribution in [0.3, 0.4) is 0 Å². The van der Waals surface area contributed by atoms with Crippen LogP contribution in [0.5, 0.6) is 0 Å². The van der Waals surface area contributed by atoms with Crippen LogP contribution in [0.2, 0.25) is 0 Å². The average molecular weight is 495 g/mol. The fourth-order valence-corrected chi connectivity index (χ4v) is 4.47. The number of benzene rings is 2. The minimum atomic E-state index is -4.45. The Bertz CT molecular complexity index is 1320. The predicted octanol–water partition coefficient (Wildman–Crippen LogP) is 6.17. The second kappa shape index (κ2) is 9.41. The first-order chi connectivity index (χ1) is 16.9. The van der Waals surface area contributed by atoms with Crippen molar-refractivity contribution in [3.8, 4) is 11.1 Å². The van der Waals surface area contributed by atoms with Gasteiger partial charge in [-0.1, -0.05) is 30.3 Å². The van der Waals surface area contributed by atoms with E-state index >= 15 is 0 Å². The lowest BCUT2D eigenvalue weighted by atomic mass is 9.93. The third-order valence-corrected chi connectivity index (χ3v) is 6.36. The SMILES string of the molecule is Cc1cc(-c2ccc(NC(=O)C3(c4cccc(C(F)(F)F)c4)CC3)cc2)c(C(N)=NC(C)C)c(C)n1. The first-order valence-electron chi connectivity index (χ1n) is 11.8. The molecule has 0 atom stereocenters. The first kappa shape index (κ1) is 25.4. The molecule has 0 unspecified atom stereocenters. The summed E-state index contributed by atoms with van der Waals surface area (Å²) in [6.45, 7) is 7.71. The molecule has 36 heavy (non-hydrogen) atoms. The third-order valence-electron chi connectivity index (χ3n) is 6.36. The molecule has 1 amide bonds. The van der Waals surface area contributed by atoms with E-state index in [9.17, 15) is 18.0 Å². The third kappa shape index (κ3) is 5.12. The second-order valence-corrected chi connectivity index (χ2v) is 9.57. The Kier molecular flexibility index (Phi) is 6.64. The minimum Gasteiger partial charge on any atom is -0.383 e. The number of hydrogen-bond acceptors (Lipinski definition) is 3. The van der Waals surface area contributed by atoms with Gasteiger partial charge >= 0.3 is 6.18 Å². The molecule has 8 heteroatoms. The molecule has 5 nitrogen and oxygen atoms in total. The molecule has 1 fully saturated rings. The molecule has 3 aromatic rings. The molecule has 0 aliphatic heterocycles. The zero-order valence-electron chi connectivity index (χ0n) is 20.7. The Labute approximate surface area is 208 Å². The van der Waals surface area contributed by atoms with Gasteiger partial charge in [-0.15, -0.1) is 0 Å². The van der Waals surface area contributed by atoms with Crippen LogP contribution in [-0.2, 0) is 16.4 Å². The number of carbonyl (C=O) groups is 1. The van der Waals surface area contributed by atoms with Gasteiger partial charge in [0.1, 0.15) is 5.84 Å². The number of amidine groups is 1. The summed E-state index contributed by atoms with van der Waals surface area (Å²) in [5.74, 6) is 0.110. The van der Waals surface area contributed by atoms with Gasteiger partial charge in [-0.25, -0.2) is 0 Å². The van der Waals surface area contributed by atoms with Gasteiger partial charge in [-0.2, -0.15) is 13.2 Å². The summed E-state index contributed by atoms with van der Waals surface area (Å²) in [6, 6.07) is 14.3. The van der Waals surface area contributed by atoms with Gasteiger partial charge in [0.2, 0.25) is 5.91 Å². The van der Waals surface area contributed by atoms with Gasteiger partial charge in [0.15, 0.2) is 0 Å². The maximum Gasteiger partial charge on any atom is 0.416 e. The van der Waals surface area contributed by atoms with Crippen LogP contribution >= 0.6 is 0 Å². The molecule has 188 valence electrons. The summed E-state index contributed by atoms with van der Waals surface area (Å²) in [5, 5.41) is 2.89. The molecule has 0 spiro atoms. The van der Waals surface area contributed by atoms with Crippen LogP contribution in [0, 0.1) is 13.8 Å². The number of pyridine rings is 1. The highest BCUT2D eigenvalue weighted by molar-refractivity contribution is 6.05. The Morgan fingerprint density at radius 3 is 2.33 bits per heavy atom. The van der Waals surface area contributed by atoms with Crippen LogP contribution < -0.4 is 11.1 Å². The molecule has 0 saturated heterocycles. The molecule has 4 rings (SSSR count). The molecule has 1 saturated carbocycles. The van der Waals surface area contributed by atoms with E-state index in [0.29, 0.717) is 29.9 Å². The Balaban J connectivity index is 1.59. The number of rotatable bonds is 6. The highest BCUT2D eigenvalue weighted by atomic mass is 19.4. The van der Waals surface area contributed by atoms with Crippen molar-refractivity contribution in [2.24, 2.45) is 10.7 Å². The summed E-state index contributed by atoms with van der Waals surface area (Å²) in [6.07, 6.45) is -3.44. The van der Waals surface area contributed by atoms with E-state index in [1.165, 1.54) is 6.07 Å². The molecule has 0 bridgehead atoms. The van der Waals surface area contributed by atoms with E-state index in [1.54, 1.807) is 18.2 Å². The molecular weight excluding hydrogens is 465 g/mol. The number of aryl methyl sites for hydroxylation is 2. The fourth-order valence-electron chi connectivity index (χ4n) is 4.47. The lowest BCUT2D eigenvalue weighted by Gasteiger charge is -2.18. The van der Waals surface area contributed by atoms with E-state index in [1.807, 2.05) is 45.9 Å². The van der Waals surface area contributed by atoms with Gasteiger partial charge in [-0.05, 0) is 81.5 Å². The number of carbonyl (C=O) groups excluding carboxylic acids is 1. The monoisotopic (exact) mass is 494 g/mol. The van der Waals surface area contributed by atoms with E-state index < -0.39 is 17.2 Å². The number of aromatic nitrogens is 1. The number of hydrogen-bond donors (Lipinski definition) is 2.